The van der Waals surface area contributed by atoms with Gasteiger partial charge in [0.15, 0.2) is 0 Å². The lowest BCUT2D eigenvalue weighted by atomic mass is 10.0. The summed E-state index contributed by atoms with van der Waals surface area (Å²) in [5, 5.41) is 13.7. The van der Waals surface area contributed by atoms with E-state index < -0.39 is 29.9 Å². The molecule has 13 N–H and O–H groups in total. The van der Waals surface area contributed by atoms with Gasteiger partial charge in [-0.1, -0.05) is 26.8 Å². The number of ether oxygens (including phenoxy) is 6. The van der Waals surface area contributed by atoms with Crippen LogP contribution in [0.1, 0.15) is 58.8 Å². The van der Waals surface area contributed by atoms with Crippen molar-refractivity contribution in [3.63, 3.8) is 0 Å². The highest BCUT2D eigenvalue weighted by atomic mass is 16.5. The maximum atomic E-state index is 12.8. The van der Waals surface area contributed by atoms with Crippen LogP contribution in [0, 0.1) is 5.92 Å². The van der Waals surface area contributed by atoms with Gasteiger partial charge in [-0.15, -0.1) is 0 Å². The Labute approximate surface area is 331 Å². The summed E-state index contributed by atoms with van der Waals surface area (Å²) in [7, 11) is 0. The Morgan fingerprint density at radius 3 is 1.57 bits per heavy atom. The predicted octanol–water partition coefficient (Wildman–Crippen LogP) is -2.53. The van der Waals surface area contributed by atoms with Gasteiger partial charge in [0, 0.05) is 32.5 Å². The molecule has 0 heterocycles. The Morgan fingerprint density at radius 2 is 1.07 bits per heavy atom. The number of carbonyl (C=O) groups excluding carboxylic acids is 5. The highest BCUT2D eigenvalue weighted by Gasteiger charge is 2.27. The molecule has 0 aromatic heterocycles. The van der Waals surface area contributed by atoms with Crippen LogP contribution in [0.15, 0.2) is 12.4 Å². The van der Waals surface area contributed by atoms with Crippen LogP contribution in [0.25, 0.3) is 0 Å². The largest absolute Gasteiger partial charge is 0.386 e. The summed E-state index contributed by atoms with van der Waals surface area (Å²) in [5.41, 5.74) is 22.2. The first kappa shape index (κ1) is 52.4. The molecule has 0 bridgehead atoms. The van der Waals surface area contributed by atoms with Crippen molar-refractivity contribution < 1.29 is 52.4 Å². The second-order valence-corrected chi connectivity index (χ2v) is 13.1. The van der Waals surface area contributed by atoms with E-state index in [9.17, 15) is 24.0 Å². The van der Waals surface area contributed by atoms with Crippen LogP contribution >= 0.6 is 0 Å². The molecule has 20 heteroatoms. The van der Waals surface area contributed by atoms with Gasteiger partial charge in [0.1, 0.15) is 12.1 Å². The molecule has 3 unspecified atom stereocenters. The first-order valence-corrected chi connectivity index (χ1v) is 19.4. The van der Waals surface area contributed by atoms with Crippen molar-refractivity contribution in [2.75, 3.05) is 105 Å². The molecule has 0 fully saturated rings. The van der Waals surface area contributed by atoms with E-state index >= 15 is 0 Å². The lowest BCUT2D eigenvalue weighted by Gasteiger charge is -2.24. The first-order chi connectivity index (χ1) is 26.9. The van der Waals surface area contributed by atoms with Gasteiger partial charge in [-0.25, -0.2) is 0 Å². The lowest BCUT2D eigenvalue weighted by molar-refractivity contribution is -0.132. The molecular formula is C36H71N9O11. The van der Waals surface area contributed by atoms with Gasteiger partial charge in [-0.05, 0) is 38.1 Å². The Balaban J connectivity index is 3.71. The maximum absolute atomic E-state index is 12.8. The summed E-state index contributed by atoms with van der Waals surface area (Å²) in [6.45, 7) is 12.7. The summed E-state index contributed by atoms with van der Waals surface area (Å²) in [5.74, 6) is -1.81. The smallest absolute Gasteiger partial charge is 0.243 e. The summed E-state index contributed by atoms with van der Waals surface area (Å²) < 4.78 is 32.6. The zero-order valence-corrected chi connectivity index (χ0v) is 33.6. The molecular weight excluding hydrogens is 734 g/mol. The molecule has 3 atom stereocenters. The van der Waals surface area contributed by atoms with E-state index in [4.69, 9.17) is 51.4 Å². The monoisotopic (exact) mass is 806 g/mol. The molecule has 20 nitrogen and oxygen atoms in total. The minimum Gasteiger partial charge on any atom is -0.386 e. The Kier molecular flexibility index (Phi) is 33.4. The average molecular weight is 806 g/mol. The number of amides is 5. The zero-order valence-electron chi connectivity index (χ0n) is 33.6. The highest BCUT2D eigenvalue weighted by molar-refractivity contribution is 5.91. The van der Waals surface area contributed by atoms with Crippen LogP contribution in [-0.4, -0.2) is 153 Å². The third-order valence-electron chi connectivity index (χ3n) is 7.80. The molecule has 56 heavy (non-hydrogen) atoms. The maximum Gasteiger partial charge on any atom is 0.243 e. The van der Waals surface area contributed by atoms with Gasteiger partial charge in [-0.2, -0.15) is 0 Å². The summed E-state index contributed by atoms with van der Waals surface area (Å²) in [4.78, 5) is 60.9. The quantitative estimate of drug-likeness (QED) is 0.0289. The van der Waals surface area contributed by atoms with Crippen LogP contribution in [0.5, 0.6) is 0 Å². The van der Waals surface area contributed by atoms with Gasteiger partial charge in [0.2, 0.25) is 29.5 Å². The molecule has 0 aliphatic heterocycles. The fraction of sp³-hybridized carbons (Fsp3) is 0.806. The van der Waals surface area contributed by atoms with Gasteiger partial charge in [-0.3, -0.25) is 24.0 Å². The van der Waals surface area contributed by atoms with Crippen molar-refractivity contribution >= 4 is 29.5 Å². The third-order valence-corrected chi connectivity index (χ3v) is 7.80. The minimum absolute atomic E-state index is 0.0364. The molecule has 0 saturated heterocycles. The molecule has 0 radical (unpaired) electrons. The third kappa shape index (κ3) is 31.6. The number of hydrogen-bond donors (Lipinski definition) is 9. The fourth-order valence-electron chi connectivity index (χ4n) is 4.66. The van der Waals surface area contributed by atoms with E-state index in [0.717, 1.165) is 12.8 Å². The molecule has 0 aliphatic carbocycles. The molecule has 0 saturated carbocycles. The van der Waals surface area contributed by atoms with Gasteiger partial charge >= 0.3 is 0 Å². The molecule has 5 amide bonds. The highest BCUT2D eigenvalue weighted by Crippen LogP contribution is 2.05. The summed E-state index contributed by atoms with van der Waals surface area (Å²) in [6, 6.07) is -2.27. The van der Waals surface area contributed by atoms with Crippen molar-refractivity contribution in [3.8, 4) is 0 Å². The molecule has 0 aliphatic rings. The number of unbranched alkanes of at least 4 members (excludes halogenated alkanes) is 1. The molecule has 0 aromatic carbocycles. The Bertz CT molecular complexity index is 1090. The fourth-order valence-corrected chi connectivity index (χ4v) is 4.66. The van der Waals surface area contributed by atoms with Crippen LogP contribution in [0.4, 0.5) is 0 Å². The Hall–Kier alpha value is -3.63. The number of carbonyl (C=O) groups is 5. The summed E-state index contributed by atoms with van der Waals surface area (Å²) >= 11 is 0. The predicted molar refractivity (Wildman–Crippen MR) is 210 cm³/mol. The van der Waals surface area contributed by atoms with E-state index in [-0.39, 0.29) is 56.3 Å². The minimum atomic E-state index is -0.889. The van der Waals surface area contributed by atoms with Crippen molar-refractivity contribution in [3.05, 3.63) is 12.4 Å². The number of rotatable bonds is 39. The van der Waals surface area contributed by atoms with Gasteiger partial charge in [0.25, 0.3) is 0 Å². The Morgan fingerprint density at radius 1 is 0.571 bits per heavy atom. The van der Waals surface area contributed by atoms with E-state index in [1.165, 1.54) is 0 Å². The van der Waals surface area contributed by atoms with E-state index in [0.29, 0.717) is 111 Å². The zero-order chi connectivity index (χ0) is 41.8. The summed E-state index contributed by atoms with van der Waals surface area (Å²) in [6.07, 6.45) is 3.35. The van der Waals surface area contributed by atoms with Gasteiger partial charge in [0.05, 0.1) is 91.1 Å². The van der Waals surface area contributed by atoms with E-state index in [2.05, 4.69) is 33.2 Å². The second kappa shape index (κ2) is 35.8. The van der Waals surface area contributed by atoms with Crippen molar-refractivity contribution in [1.29, 1.82) is 0 Å². The molecule has 0 spiro atoms. The van der Waals surface area contributed by atoms with Crippen molar-refractivity contribution in [2.45, 2.75) is 76.9 Å². The number of nitrogens with two attached hydrogens (primary N) is 4. The van der Waals surface area contributed by atoms with E-state index in [1.54, 1.807) is 13.8 Å². The lowest BCUT2D eigenvalue weighted by Crippen LogP contribution is -2.54. The first-order valence-electron chi connectivity index (χ1n) is 19.4. The van der Waals surface area contributed by atoms with Crippen LogP contribution in [-0.2, 0) is 52.4 Å². The van der Waals surface area contributed by atoms with Crippen molar-refractivity contribution in [2.24, 2.45) is 28.9 Å². The number of primary amides is 1. The van der Waals surface area contributed by atoms with Crippen LogP contribution < -0.4 is 49.5 Å². The van der Waals surface area contributed by atoms with Crippen LogP contribution in [0.2, 0.25) is 0 Å². The second-order valence-electron chi connectivity index (χ2n) is 13.1. The SMILES string of the molecule is C=C(N)NCCCC(NC(=O)C(NC(=O)CCOCCOCCOCCNC(=O)CCOCCOCCOCCNC(=O)C(N)CCCCN)C(C)C)C(N)=O. The topological polar surface area (TPSA) is 305 Å². The van der Waals surface area contributed by atoms with Gasteiger partial charge < -0.3 is 77.9 Å². The molecule has 326 valence electrons. The van der Waals surface area contributed by atoms with Crippen molar-refractivity contribution in [1.82, 2.24) is 26.6 Å². The van der Waals surface area contributed by atoms with Crippen LogP contribution in [0.3, 0.4) is 0 Å². The van der Waals surface area contributed by atoms with E-state index in [1.807, 2.05) is 0 Å². The molecule has 0 rings (SSSR count). The number of hydrogen-bond acceptors (Lipinski definition) is 15. The standard InChI is InChI=1S/C36H71N9O11/c1-27(2)33(36(50)44-30(34(40)48)8-6-12-41-28(3)38)45-32(47)10-16-52-20-24-56-25-21-53-17-13-42-31(46)9-15-51-19-23-55-26-22-54-18-14-43-35(49)29(39)7-4-5-11-37/h27,29-30,33,41H,3-26,37-39H2,1-2H3,(H2,40,48)(H,42,46)(H,43,49)(H,44,50)(H,45,47). The average Bonchev–Trinajstić information content (AvgIpc) is 3.15. The number of nitrogens with one attached hydrogen (secondary N) is 5. The normalized spacial score (nSPS) is 12.7. The molecule has 0 aromatic rings.